The Balaban J connectivity index is 2.75. The highest BCUT2D eigenvalue weighted by molar-refractivity contribution is 5.95. The van der Waals surface area contributed by atoms with Crippen LogP contribution in [-0.4, -0.2) is 56.0 Å². The van der Waals surface area contributed by atoms with Gasteiger partial charge in [0.15, 0.2) is 17.3 Å². The summed E-state index contributed by atoms with van der Waals surface area (Å²) in [6.45, 7) is 12.3. The van der Waals surface area contributed by atoms with E-state index in [0.29, 0.717) is 6.42 Å². The molecule has 0 bridgehead atoms. The van der Waals surface area contributed by atoms with Crippen molar-refractivity contribution in [2.24, 2.45) is 5.41 Å². The first-order valence-corrected chi connectivity index (χ1v) is 7.71. The summed E-state index contributed by atoms with van der Waals surface area (Å²) in [6.07, 6.45) is 3.19. The third-order valence-corrected chi connectivity index (χ3v) is 4.00. The Labute approximate surface area is 142 Å². The van der Waals surface area contributed by atoms with Gasteiger partial charge in [0.1, 0.15) is 25.4 Å². The highest BCUT2D eigenvalue weighted by Gasteiger charge is 2.56. The minimum atomic E-state index is -0.633. The molecule has 0 N–H and O–H groups in total. The van der Waals surface area contributed by atoms with Crippen LogP contribution in [0.3, 0.4) is 0 Å². The Bertz CT molecular complexity index is 496. The van der Waals surface area contributed by atoms with Crippen LogP contribution in [0.1, 0.15) is 13.3 Å². The molecule has 2 unspecified atom stereocenters. The summed E-state index contributed by atoms with van der Waals surface area (Å²) < 4.78 is 16.4. The maximum atomic E-state index is 11.7. The molecule has 1 heterocycles. The van der Waals surface area contributed by atoms with Gasteiger partial charge in [0, 0.05) is 5.41 Å². The first-order valence-electron chi connectivity index (χ1n) is 7.71. The van der Waals surface area contributed by atoms with E-state index < -0.39 is 17.6 Å². The fraction of sp³-hybridized carbons (Fsp3) is 0.500. The highest BCUT2D eigenvalue weighted by Crippen LogP contribution is 2.42. The number of ether oxygens (including phenoxy) is 3. The van der Waals surface area contributed by atoms with Gasteiger partial charge in [0.05, 0.1) is 13.2 Å². The predicted molar refractivity (Wildman–Crippen MR) is 88.6 cm³/mol. The Morgan fingerprint density at radius 1 is 1.00 bits per heavy atom. The maximum Gasteiger partial charge on any atom is 0.186 e. The topological polar surface area (TPSA) is 82.2 Å². The van der Waals surface area contributed by atoms with Gasteiger partial charge >= 0.3 is 0 Å². The third-order valence-electron chi connectivity index (χ3n) is 4.00. The number of epoxide rings is 1. The zero-order chi connectivity index (χ0) is 18.2. The molecule has 0 aliphatic carbocycles. The Kier molecular flexibility index (Phi) is 7.91. The molecule has 2 atom stereocenters. The Hall–Kier alpha value is -1.89. The number of carbonyl (C=O) groups excluding carboxylic acids is 3. The summed E-state index contributed by atoms with van der Waals surface area (Å²) in [6, 6.07) is 0. The zero-order valence-corrected chi connectivity index (χ0v) is 14.0. The Morgan fingerprint density at radius 3 is 1.88 bits per heavy atom. The lowest BCUT2D eigenvalue weighted by molar-refractivity contribution is -0.124. The summed E-state index contributed by atoms with van der Waals surface area (Å²) in [4.78, 5) is 34.4. The predicted octanol–water partition coefficient (Wildman–Crippen LogP) is 1.45. The van der Waals surface area contributed by atoms with Crippen LogP contribution >= 0.6 is 0 Å². The molecule has 1 aliphatic rings. The van der Waals surface area contributed by atoms with E-state index in [4.69, 9.17) is 14.2 Å². The van der Waals surface area contributed by atoms with Crippen LogP contribution in [0.5, 0.6) is 0 Å². The van der Waals surface area contributed by atoms with E-state index in [-0.39, 0.29) is 43.8 Å². The molecule has 0 amide bonds. The average molecular weight is 336 g/mol. The second-order valence-corrected chi connectivity index (χ2v) is 5.63. The van der Waals surface area contributed by atoms with Gasteiger partial charge in [0.2, 0.25) is 0 Å². The second-order valence-electron chi connectivity index (χ2n) is 5.63. The van der Waals surface area contributed by atoms with E-state index in [9.17, 15) is 14.4 Å². The maximum absolute atomic E-state index is 11.7. The quantitative estimate of drug-likeness (QED) is 0.353. The fourth-order valence-electron chi connectivity index (χ4n) is 2.35. The van der Waals surface area contributed by atoms with Crippen molar-refractivity contribution in [3.05, 3.63) is 38.0 Å². The van der Waals surface area contributed by atoms with Crippen LogP contribution in [0.15, 0.2) is 38.0 Å². The van der Waals surface area contributed by atoms with E-state index >= 15 is 0 Å². The molecule has 132 valence electrons. The average Bonchev–Trinajstić information content (AvgIpc) is 3.40. The minimum absolute atomic E-state index is 0.108. The number of rotatable bonds is 14. The van der Waals surface area contributed by atoms with Gasteiger partial charge in [-0.2, -0.15) is 0 Å². The first-order chi connectivity index (χ1) is 11.4. The summed E-state index contributed by atoms with van der Waals surface area (Å²) in [7, 11) is 0. The molecular weight excluding hydrogens is 312 g/mol. The molecule has 1 fully saturated rings. The first kappa shape index (κ1) is 20.2. The number of carbonyl (C=O) groups is 3. The third kappa shape index (κ3) is 5.33. The molecule has 0 aromatic heterocycles. The van der Waals surface area contributed by atoms with Gasteiger partial charge in [-0.1, -0.05) is 26.7 Å². The van der Waals surface area contributed by atoms with Gasteiger partial charge in [0.25, 0.3) is 0 Å². The van der Waals surface area contributed by atoms with Crippen molar-refractivity contribution in [3.8, 4) is 0 Å². The van der Waals surface area contributed by atoms with E-state index in [0.717, 1.165) is 0 Å². The van der Waals surface area contributed by atoms with E-state index in [1.807, 2.05) is 6.92 Å². The summed E-state index contributed by atoms with van der Waals surface area (Å²) in [5.74, 6) is -0.682. The van der Waals surface area contributed by atoms with Crippen LogP contribution in [0, 0.1) is 5.41 Å². The fourth-order valence-corrected chi connectivity index (χ4v) is 2.35. The summed E-state index contributed by atoms with van der Waals surface area (Å²) in [5.41, 5.74) is -0.633. The summed E-state index contributed by atoms with van der Waals surface area (Å²) in [5, 5.41) is 0. The normalized spacial score (nSPS) is 19.4. The van der Waals surface area contributed by atoms with Crippen molar-refractivity contribution >= 4 is 17.3 Å². The molecule has 0 aromatic rings. The molecular formula is C18H24O6. The lowest BCUT2D eigenvalue weighted by Crippen LogP contribution is -2.40. The Morgan fingerprint density at radius 2 is 1.50 bits per heavy atom. The van der Waals surface area contributed by atoms with Crippen molar-refractivity contribution in [3.63, 3.8) is 0 Å². The molecule has 1 rings (SSSR count). The standard InChI is InChI=1S/C18H24O6/c1-5-13(19)9-22-11-18(8-4,12-23-10-14(20)6-2)17-16(24-17)15(21)7-3/h5-7,16-17H,1-3,8-12H2,4H3. The largest absolute Gasteiger partial charge is 0.373 e. The van der Waals surface area contributed by atoms with Crippen LogP contribution in [0.25, 0.3) is 0 Å². The van der Waals surface area contributed by atoms with Crippen LogP contribution in [0.2, 0.25) is 0 Å². The summed E-state index contributed by atoms with van der Waals surface area (Å²) >= 11 is 0. The van der Waals surface area contributed by atoms with Crippen molar-refractivity contribution < 1.29 is 28.6 Å². The van der Waals surface area contributed by atoms with Crippen LogP contribution < -0.4 is 0 Å². The van der Waals surface area contributed by atoms with Gasteiger partial charge < -0.3 is 14.2 Å². The SMILES string of the molecule is C=CC(=O)COCC(CC)(COCC(=O)C=C)C1OC1C(=O)C=C. The van der Waals surface area contributed by atoms with Crippen molar-refractivity contribution in [2.75, 3.05) is 26.4 Å². The van der Waals surface area contributed by atoms with E-state index in [1.165, 1.54) is 18.2 Å². The van der Waals surface area contributed by atoms with Crippen molar-refractivity contribution in [1.29, 1.82) is 0 Å². The second kappa shape index (κ2) is 9.42. The zero-order valence-electron chi connectivity index (χ0n) is 14.0. The smallest absolute Gasteiger partial charge is 0.186 e. The molecule has 24 heavy (non-hydrogen) atoms. The highest BCUT2D eigenvalue weighted by atomic mass is 16.6. The van der Waals surface area contributed by atoms with Gasteiger partial charge in [-0.05, 0) is 24.6 Å². The molecule has 0 aromatic carbocycles. The molecule has 6 nitrogen and oxygen atoms in total. The van der Waals surface area contributed by atoms with Gasteiger partial charge in [-0.25, -0.2) is 0 Å². The van der Waals surface area contributed by atoms with Gasteiger partial charge in [-0.15, -0.1) is 0 Å². The van der Waals surface area contributed by atoms with E-state index in [2.05, 4.69) is 19.7 Å². The van der Waals surface area contributed by atoms with Crippen molar-refractivity contribution in [1.82, 2.24) is 0 Å². The molecule has 6 heteroatoms. The number of hydrogen-bond donors (Lipinski definition) is 0. The monoisotopic (exact) mass is 336 g/mol. The molecule has 0 spiro atoms. The molecule has 1 saturated heterocycles. The number of hydrogen-bond acceptors (Lipinski definition) is 6. The lowest BCUT2D eigenvalue weighted by Gasteiger charge is -2.30. The minimum Gasteiger partial charge on any atom is -0.373 e. The molecule has 0 saturated carbocycles. The van der Waals surface area contributed by atoms with Crippen molar-refractivity contribution in [2.45, 2.75) is 25.6 Å². The van der Waals surface area contributed by atoms with E-state index in [1.54, 1.807) is 0 Å². The molecule has 0 radical (unpaired) electrons. The molecule has 1 aliphatic heterocycles. The lowest BCUT2D eigenvalue weighted by atomic mass is 9.81. The number of ketones is 3. The van der Waals surface area contributed by atoms with Crippen LogP contribution in [0.4, 0.5) is 0 Å². The van der Waals surface area contributed by atoms with Gasteiger partial charge in [-0.3, -0.25) is 14.4 Å². The van der Waals surface area contributed by atoms with Crippen LogP contribution in [-0.2, 0) is 28.6 Å².